The molecule has 1 aromatic carbocycles. The van der Waals surface area contributed by atoms with Crippen molar-refractivity contribution in [1.29, 1.82) is 0 Å². The molecule has 0 spiro atoms. The molecule has 1 aliphatic rings. The molecule has 8 nitrogen and oxygen atoms in total. The summed E-state index contributed by atoms with van der Waals surface area (Å²) in [4.78, 5) is 14.9. The number of aromatic nitrogens is 3. The molecule has 1 aromatic heterocycles. The fourth-order valence-corrected chi connectivity index (χ4v) is 2.99. The van der Waals surface area contributed by atoms with E-state index in [0.29, 0.717) is 25.0 Å². The van der Waals surface area contributed by atoms with Crippen molar-refractivity contribution < 1.29 is 10.3 Å². The number of aliphatic hydroxyl groups is 1. The van der Waals surface area contributed by atoms with Gasteiger partial charge in [0.2, 0.25) is 11.9 Å². The molecule has 1 unspecified atom stereocenters. The Morgan fingerprint density at radius 3 is 2.68 bits per heavy atom. The summed E-state index contributed by atoms with van der Waals surface area (Å²) >= 11 is 0. The Morgan fingerprint density at radius 2 is 1.92 bits per heavy atom. The minimum Gasteiger partial charge on any atom is -0.396 e. The van der Waals surface area contributed by atoms with Crippen molar-refractivity contribution in [2.45, 2.75) is 19.3 Å². The molecule has 0 aliphatic carbocycles. The lowest BCUT2D eigenvalue weighted by Crippen LogP contribution is -2.38. The second-order valence-electron chi connectivity index (χ2n) is 6.19. The molecule has 2 heterocycles. The van der Waals surface area contributed by atoms with E-state index < -0.39 is 0 Å². The van der Waals surface area contributed by atoms with Crippen molar-refractivity contribution in [1.82, 2.24) is 15.0 Å². The van der Waals surface area contributed by atoms with Gasteiger partial charge in [0, 0.05) is 26.2 Å². The van der Waals surface area contributed by atoms with Crippen LogP contribution in [0.15, 0.2) is 30.3 Å². The van der Waals surface area contributed by atoms with Crippen molar-refractivity contribution in [2.75, 3.05) is 41.9 Å². The van der Waals surface area contributed by atoms with Crippen molar-refractivity contribution in [2.24, 2.45) is 5.92 Å². The maximum Gasteiger partial charge on any atom is 0.253 e. The predicted octanol–water partition coefficient (Wildman–Crippen LogP) is 1.54. The molecule has 1 saturated heterocycles. The first kappa shape index (κ1) is 17.4. The topological polar surface area (TPSA) is 106 Å². The lowest BCUT2D eigenvalue weighted by Gasteiger charge is -2.31. The highest BCUT2D eigenvalue weighted by Gasteiger charge is 2.22. The van der Waals surface area contributed by atoms with Crippen molar-refractivity contribution in [3.05, 3.63) is 35.9 Å². The predicted molar refractivity (Wildman–Crippen MR) is 95.9 cm³/mol. The summed E-state index contributed by atoms with van der Waals surface area (Å²) in [5.74, 6) is 1.26. The van der Waals surface area contributed by atoms with Crippen LogP contribution in [0.5, 0.6) is 0 Å². The van der Waals surface area contributed by atoms with E-state index in [-0.39, 0.29) is 18.5 Å². The average Bonchev–Trinajstić information content (AvgIpc) is 2.68. The van der Waals surface area contributed by atoms with Crippen LogP contribution in [0.2, 0.25) is 0 Å². The highest BCUT2D eigenvalue weighted by Crippen LogP contribution is 2.21. The van der Waals surface area contributed by atoms with Crippen LogP contribution in [0.4, 0.5) is 17.8 Å². The molecule has 4 N–H and O–H groups in total. The molecule has 0 amide bonds. The zero-order chi connectivity index (χ0) is 17.5. The summed E-state index contributed by atoms with van der Waals surface area (Å²) in [5.41, 5.74) is 3.23. The Bertz CT molecular complexity index is 669. The summed E-state index contributed by atoms with van der Waals surface area (Å²) in [5, 5.41) is 21.8. The first-order chi connectivity index (χ1) is 12.3. The summed E-state index contributed by atoms with van der Waals surface area (Å²) in [6, 6.07) is 10.2. The minimum atomic E-state index is 0.110. The first-order valence-corrected chi connectivity index (χ1v) is 8.58. The minimum absolute atomic E-state index is 0.110. The quantitative estimate of drug-likeness (QED) is 0.561. The Kier molecular flexibility index (Phi) is 5.97. The van der Waals surface area contributed by atoms with Gasteiger partial charge >= 0.3 is 0 Å². The number of rotatable bonds is 7. The molecule has 8 heteroatoms. The molecule has 3 rings (SSSR count). The second kappa shape index (κ2) is 8.59. The van der Waals surface area contributed by atoms with Crippen LogP contribution in [-0.4, -0.2) is 51.5 Å². The van der Waals surface area contributed by atoms with Gasteiger partial charge in [-0.3, -0.25) is 5.21 Å². The number of anilines is 3. The monoisotopic (exact) mass is 344 g/mol. The maximum atomic E-state index is 9.39. The molecule has 2 aromatic rings. The fraction of sp³-hybridized carbons (Fsp3) is 0.471. The van der Waals surface area contributed by atoms with Gasteiger partial charge < -0.3 is 15.3 Å². The first-order valence-electron chi connectivity index (χ1n) is 8.58. The van der Waals surface area contributed by atoms with Crippen molar-refractivity contribution in [3.8, 4) is 0 Å². The second-order valence-corrected chi connectivity index (χ2v) is 6.19. The van der Waals surface area contributed by atoms with Crippen molar-refractivity contribution in [3.63, 3.8) is 0 Å². The van der Waals surface area contributed by atoms with Gasteiger partial charge in [-0.15, -0.1) is 0 Å². The van der Waals surface area contributed by atoms with Gasteiger partial charge in [0.05, 0.1) is 0 Å². The number of benzene rings is 1. The molecule has 0 bridgehead atoms. The van der Waals surface area contributed by atoms with Crippen LogP contribution in [0.1, 0.15) is 18.4 Å². The Hall–Kier alpha value is -2.45. The lowest BCUT2D eigenvalue weighted by atomic mass is 9.99. The maximum absolute atomic E-state index is 9.39. The van der Waals surface area contributed by atoms with Crippen LogP contribution in [0.3, 0.4) is 0 Å². The van der Waals surface area contributed by atoms with E-state index in [0.717, 1.165) is 25.8 Å². The van der Waals surface area contributed by atoms with Gasteiger partial charge in [0.1, 0.15) is 0 Å². The zero-order valence-electron chi connectivity index (χ0n) is 14.1. The van der Waals surface area contributed by atoms with E-state index in [1.165, 1.54) is 5.56 Å². The van der Waals surface area contributed by atoms with E-state index in [4.69, 9.17) is 0 Å². The van der Waals surface area contributed by atoms with Gasteiger partial charge in [-0.05, 0) is 30.7 Å². The third-order valence-electron chi connectivity index (χ3n) is 4.32. The third-order valence-corrected chi connectivity index (χ3v) is 4.32. The van der Waals surface area contributed by atoms with Gasteiger partial charge in [0.25, 0.3) is 5.95 Å². The highest BCUT2D eigenvalue weighted by molar-refractivity contribution is 5.43. The molecule has 1 aliphatic heterocycles. The normalized spacial score (nSPS) is 17.4. The summed E-state index contributed by atoms with van der Waals surface area (Å²) in [7, 11) is 0. The molecule has 25 heavy (non-hydrogen) atoms. The number of piperidine rings is 1. The van der Waals surface area contributed by atoms with Crippen LogP contribution >= 0.6 is 0 Å². The fourth-order valence-electron chi connectivity index (χ4n) is 2.99. The van der Waals surface area contributed by atoms with Crippen LogP contribution in [0.25, 0.3) is 0 Å². The Balaban J connectivity index is 1.67. The largest absolute Gasteiger partial charge is 0.396 e. The number of nitrogens with zero attached hydrogens (tertiary/aromatic N) is 4. The van der Waals surface area contributed by atoms with Crippen LogP contribution in [0, 0.1) is 5.92 Å². The Labute approximate surface area is 146 Å². The smallest absolute Gasteiger partial charge is 0.253 e. The van der Waals surface area contributed by atoms with Gasteiger partial charge in [-0.2, -0.15) is 15.0 Å². The average molecular weight is 344 g/mol. The molecule has 0 saturated carbocycles. The van der Waals surface area contributed by atoms with Gasteiger partial charge in [-0.25, -0.2) is 5.48 Å². The van der Waals surface area contributed by atoms with E-state index in [1.54, 1.807) is 0 Å². The molecular weight excluding hydrogens is 320 g/mol. The standard InChI is InChI=1S/C17H24N6O2/c24-12-14-7-4-10-23(11-14)17-20-15(19-16(21-17)22-25)18-9-8-13-5-2-1-3-6-13/h1-3,5-6,14,24-25H,4,7-12H2,(H2,18,19,20,21,22). The molecule has 134 valence electrons. The third kappa shape index (κ3) is 4.77. The highest BCUT2D eigenvalue weighted by atomic mass is 16.5. The van der Waals surface area contributed by atoms with E-state index >= 15 is 0 Å². The van der Waals surface area contributed by atoms with E-state index in [1.807, 2.05) is 28.6 Å². The molecular formula is C17H24N6O2. The van der Waals surface area contributed by atoms with Crippen molar-refractivity contribution >= 4 is 17.8 Å². The summed E-state index contributed by atoms with van der Waals surface area (Å²) in [6.45, 7) is 2.37. The Morgan fingerprint density at radius 1 is 1.12 bits per heavy atom. The molecule has 1 atom stereocenters. The lowest BCUT2D eigenvalue weighted by molar-refractivity contribution is 0.208. The molecule has 1 fully saturated rings. The van der Waals surface area contributed by atoms with Gasteiger partial charge in [-0.1, -0.05) is 30.3 Å². The molecule has 0 radical (unpaired) electrons. The number of nitrogens with one attached hydrogen (secondary N) is 2. The number of hydrogen-bond acceptors (Lipinski definition) is 8. The van der Waals surface area contributed by atoms with Crippen LogP contribution in [-0.2, 0) is 6.42 Å². The van der Waals surface area contributed by atoms with Gasteiger partial charge in [0.15, 0.2) is 0 Å². The number of aliphatic hydroxyl groups excluding tert-OH is 1. The number of hydrogen-bond donors (Lipinski definition) is 4. The summed E-state index contributed by atoms with van der Waals surface area (Å²) in [6.07, 6.45) is 2.83. The van der Waals surface area contributed by atoms with E-state index in [9.17, 15) is 10.3 Å². The van der Waals surface area contributed by atoms with E-state index in [2.05, 4.69) is 32.4 Å². The summed E-state index contributed by atoms with van der Waals surface area (Å²) < 4.78 is 0. The van der Waals surface area contributed by atoms with Crippen LogP contribution < -0.4 is 15.7 Å². The SMILES string of the molecule is OCC1CCCN(c2nc(NO)nc(NCCc3ccccc3)n2)C1. The zero-order valence-corrected chi connectivity index (χ0v) is 14.1.